The second-order valence-electron chi connectivity index (χ2n) is 4.77. The number of ketones is 1. The number of rotatable bonds is 5. The molecular weight excluding hydrogens is 359 g/mol. The quantitative estimate of drug-likeness (QED) is 0.790. The minimum atomic E-state index is -0.522. The summed E-state index contributed by atoms with van der Waals surface area (Å²) in [4.78, 5) is 12.2. The van der Waals surface area contributed by atoms with Gasteiger partial charge in [0.2, 0.25) is 0 Å². The predicted octanol–water partition coefficient (Wildman–Crippen LogP) is 4.12. The molecule has 0 atom stereocenters. The summed E-state index contributed by atoms with van der Waals surface area (Å²) in [5.74, 6) is -0.599. The van der Waals surface area contributed by atoms with Crippen molar-refractivity contribution < 1.29 is 9.18 Å². The lowest BCUT2D eigenvalue weighted by Crippen LogP contribution is -2.12. The smallest absolute Gasteiger partial charge is 0.145 e. The van der Waals surface area contributed by atoms with Gasteiger partial charge in [0, 0.05) is 19.4 Å². The second-order valence-corrected chi connectivity index (χ2v) is 5.97. The molecule has 0 saturated heterocycles. The highest BCUT2D eigenvalue weighted by atomic mass is 79.9. The number of carbonyl (C=O) groups is 1. The standard InChI is InChI=1S/C15H15BrClFN2O/c1-3-20-13(14(16)9(2)19-20)8-11(21)7-10-5-4-6-12(17)15(10)18/h4-6H,3,7-8H2,1-2H3. The van der Waals surface area contributed by atoms with Crippen molar-refractivity contribution >= 4 is 33.3 Å². The Morgan fingerprint density at radius 2 is 2.14 bits per heavy atom. The van der Waals surface area contributed by atoms with Crippen LogP contribution >= 0.6 is 27.5 Å². The third-order valence-electron chi connectivity index (χ3n) is 3.24. The molecule has 0 bridgehead atoms. The molecule has 3 nitrogen and oxygen atoms in total. The minimum Gasteiger partial charge on any atom is -0.299 e. The van der Waals surface area contributed by atoms with Gasteiger partial charge in [-0.15, -0.1) is 0 Å². The summed E-state index contributed by atoms with van der Waals surface area (Å²) in [7, 11) is 0. The number of hydrogen-bond acceptors (Lipinski definition) is 2. The summed E-state index contributed by atoms with van der Waals surface area (Å²) in [5, 5.41) is 4.38. The summed E-state index contributed by atoms with van der Waals surface area (Å²) in [6.07, 6.45) is 0.230. The maximum Gasteiger partial charge on any atom is 0.145 e. The number of halogens is 3. The molecule has 0 unspecified atom stereocenters. The molecule has 0 spiro atoms. The topological polar surface area (TPSA) is 34.9 Å². The first-order chi connectivity index (χ1) is 9.93. The molecule has 1 aromatic carbocycles. The molecule has 6 heteroatoms. The Hall–Kier alpha value is -1.20. The molecule has 0 aliphatic carbocycles. The van der Waals surface area contributed by atoms with Gasteiger partial charge in [0.1, 0.15) is 11.6 Å². The highest BCUT2D eigenvalue weighted by molar-refractivity contribution is 9.10. The Balaban J connectivity index is 2.17. The van der Waals surface area contributed by atoms with E-state index in [2.05, 4.69) is 21.0 Å². The van der Waals surface area contributed by atoms with Gasteiger partial charge in [-0.05, 0) is 41.4 Å². The highest BCUT2D eigenvalue weighted by Crippen LogP contribution is 2.23. The van der Waals surface area contributed by atoms with Gasteiger partial charge in [-0.3, -0.25) is 9.48 Å². The molecular formula is C15H15BrClFN2O. The molecule has 0 N–H and O–H groups in total. The molecule has 2 aromatic rings. The molecule has 1 aromatic heterocycles. The zero-order chi connectivity index (χ0) is 15.6. The Kier molecular flexibility index (Phi) is 5.17. The van der Waals surface area contributed by atoms with Crippen molar-refractivity contribution in [1.82, 2.24) is 9.78 Å². The van der Waals surface area contributed by atoms with Gasteiger partial charge in [-0.1, -0.05) is 23.7 Å². The van der Waals surface area contributed by atoms with Gasteiger partial charge in [0.15, 0.2) is 0 Å². The van der Waals surface area contributed by atoms with Gasteiger partial charge >= 0.3 is 0 Å². The fraction of sp³-hybridized carbons (Fsp3) is 0.333. The Morgan fingerprint density at radius 3 is 2.81 bits per heavy atom. The summed E-state index contributed by atoms with van der Waals surface area (Å²) in [6, 6.07) is 4.69. The van der Waals surface area contributed by atoms with Crippen LogP contribution < -0.4 is 0 Å². The maximum absolute atomic E-state index is 13.8. The Morgan fingerprint density at radius 1 is 1.43 bits per heavy atom. The van der Waals surface area contributed by atoms with Crippen LogP contribution in [0, 0.1) is 12.7 Å². The van der Waals surface area contributed by atoms with Crippen LogP contribution in [0.1, 0.15) is 23.9 Å². The SMILES string of the molecule is CCn1nc(C)c(Br)c1CC(=O)Cc1cccc(Cl)c1F. The zero-order valence-electron chi connectivity index (χ0n) is 11.8. The number of aromatic nitrogens is 2. The largest absolute Gasteiger partial charge is 0.299 e. The van der Waals surface area contributed by atoms with E-state index in [1.165, 1.54) is 6.07 Å². The monoisotopic (exact) mass is 372 g/mol. The number of carbonyl (C=O) groups excluding carboxylic acids is 1. The molecule has 0 amide bonds. The molecule has 0 aliphatic heterocycles. The van der Waals surface area contributed by atoms with E-state index in [1.807, 2.05) is 13.8 Å². The van der Waals surface area contributed by atoms with Gasteiger partial charge < -0.3 is 0 Å². The van der Waals surface area contributed by atoms with Crippen molar-refractivity contribution in [3.63, 3.8) is 0 Å². The normalized spacial score (nSPS) is 10.9. The van der Waals surface area contributed by atoms with Crippen LogP contribution in [0.4, 0.5) is 4.39 Å². The van der Waals surface area contributed by atoms with E-state index in [9.17, 15) is 9.18 Å². The van der Waals surface area contributed by atoms with E-state index in [4.69, 9.17) is 11.6 Å². The zero-order valence-corrected chi connectivity index (χ0v) is 14.1. The van der Waals surface area contributed by atoms with Crippen LogP contribution in [0.25, 0.3) is 0 Å². The van der Waals surface area contributed by atoms with Crippen LogP contribution in [0.5, 0.6) is 0 Å². The van der Waals surface area contributed by atoms with E-state index >= 15 is 0 Å². The van der Waals surface area contributed by atoms with E-state index in [0.717, 1.165) is 15.9 Å². The average molecular weight is 374 g/mol. The van der Waals surface area contributed by atoms with E-state index in [-0.39, 0.29) is 23.6 Å². The van der Waals surface area contributed by atoms with Gasteiger partial charge in [0.25, 0.3) is 0 Å². The fourth-order valence-electron chi connectivity index (χ4n) is 2.18. The average Bonchev–Trinajstić information content (AvgIpc) is 2.71. The first kappa shape index (κ1) is 16.2. The molecule has 0 aliphatic rings. The molecule has 0 radical (unpaired) electrons. The molecule has 1 heterocycles. The number of hydrogen-bond donors (Lipinski definition) is 0. The van der Waals surface area contributed by atoms with Crippen LogP contribution in [-0.4, -0.2) is 15.6 Å². The number of nitrogens with zero attached hydrogens (tertiary/aromatic N) is 2. The third-order valence-corrected chi connectivity index (χ3v) is 4.56. The van der Waals surface area contributed by atoms with Crippen molar-refractivity contribution in [3.05, 3.63) is 50.5 Å². The molecule has 0 fully saturated rings. The Bertz CT molecular complexity index is 685. The summed E-state index contributed by atoms with van der Waals surface area (Å²) >= 11 is 9.18. The third kappa shape index (κ3) is 3.52. The van der Waals surface area contributed by atoms with Crippen LogP contribution in [-0.2, 0) is 24.2 Å². The lowest BCUT2D eigenvalue weighted by molar-refractivity contribution is -0.117. The van der Waals surface area contributed by atoms with Crippen molar-refractivity contribution in [3.8, 4) is 0 Å². The summed E-state index contributed by atoms with van der Waals surface area (Å²) < 4.78 is 16.4. The van der Waals surface area contributed by atoms with Crippen LogP contribution in [0.3, 0.4) is 0 Å². The van der Waals surface area contributed by atoms with Crippen molar-refractivity contribution in [2.75, 3.05) is 0 Å². The lowest BCUT2D eigenvalue weighted by Gasteiger charge is -2.06. The molecule has 112 valence electrons. The predicted molar refractivity (Wildman–Crippen MR) is 84.2 cm³/mol. The van der Waals surface area contributed by atoms with Crippen molar-refractivity contribution in [1.29, 1.82) is 0 Å². The van der Waals surface area contributed by atoms with E-state index in [1.54, 1.807) is 16.8 Å². The molecule has 21 heavy (non-hydrogen) atoms. The van der Waals surface area contributed by atoms with Crippen molar-refractivity contribution in [2.24, 2.45) is 0 Å². The maximum atomic E-state index is 13.8. The van der Waals surface area contributed by atoms with Crippen LogP contribution in [0.2, 0.25) is 5.02 Å². The lowest BCUT2D eigenvalue weighted by atomic mass is 10.0. The van der Waals surface area contributed by atoms with Gasteiger partial charge in [-0.25, -0.2) is 4.39 Å². The first-order valence-corrected chi connectivity index (χ1v) is 7.77. The molecule has 0 saturated carbocycles. The summed E-state index contributed by atoms with van der Waals surface area (Å²) in [6.45, 7) is 4.52. The minimum absolute atomic E-state index is 0.0206. The fourth-order valence-corrected chi connectivity index (χ4v) is 2.80. The number of Topliss-reactive ketones (excluding diaryl/α,β-unsaturated/α-hetero) is 1. The van der Waals surface area contributed by atoms with Crippen molar-refractivity contribution in [2.45, 2.75) is 33.2 Å². The van der Waals surface area contributed by atoms with Crippen LogP contribution in [0.15, 0.2) is 22.7 Å². The first-order valence-electron chi connectivity index (χ1n) is 6.60. The molecule has 2 rings (SSSR count). The highest BCUT2D eigenvalue weighted by Gasteiger charge is 2.17. The number of aryl methyl sites for hydroxylation is 2. The summed E-state index contributed by atoms with van der Waals surface area (Å²) in [5.41, 5.74) is 1.99. The number of benzene rings is 1. The van der Waals surface area contributed by atoms with E-state index < -0.39 is 5.82 Å². The van der Waals surface area contributed by atoms with E-state index in [0.29, 0.717) is 12.1 Å². The van der Waals surface area contributed by atoms with Gasteiger partial charge in [0.05, 0.1) is 20.9 Å². The van der Waals surface area contributed by atoms with Gasteiger partial charge in [-0.2, -0.15) is 5.10 Å². The Labute approximate surface area is 136 Å². The second kappa shape index (κ2) is 6.71.